The van der Waals surface area contributed by atoms with Crippen LogP contribution in [0.1, 0.15) is 54.5 Å². The van der Waals surface area contributed by atoms with Gasteiger partial charge in [-0.2, -0.15) is 0 Å². The summed E-state index contributed by atoms with van der Waals surface area (Å²) in [5.74, 6) is -0.614. The van der Waals surface area contributed by atoms with Crippen molar-refractivity contribution in [3.05, 3.63) is 64.2 Å². The number of aliphatic hydroxyl groups excluding tert-OH is 1. The van der Waals surface area contributed by atoms with Gasteiger partial charge in [0.25, 0.3) is 11.7 Å². The summed E-state index contributed by atoms with van der Waals surface area (Å²) in [7, 11) is 5.50. The maximum atomic E-state index is 13.2. The van der Waals surface area contributed by atoms with Gasteiger partial charge in [0.2, 0.25) is 0 Å². The van der Waals surface area contributed by atoms with Gasteiger partial charge < -0.3 is 24.7 Å². The monoisotopic (exact) mass is 466 g/mol. The summed E-state index contributed by atoms with van der Waals surface area (Å²) in [4.78, 5) is 29.9. The number of hydrogen-bond donors (Lipinski definition) is 2. The molecule has 1 atom stereocenters. The highest BCUT2D eigenvalue weighted by Crippen LogP contribution is 2.41. The predicted octanol–water partition coefficient (Wildman–Crippen LogP) is 4.21. The summed E-state index contributed by atoms with van der Waals surface area (Å²) in [6.45, 7) is 7.00. The molecule has 0 aromatic heterocycles. The van der Waals surface area contributed by atoms with Crippen molar-refractivity contribution in [1.82, 2.24) is 9.80 Å². The van der Waals surface area contributed by atoms with Gasteiger partial charge in [-0.05, 0) is 80.9 Å². The fourth-order valence-corrected chi connectivity index (χ4v) is 4.40. The second-order valence-electron chi connectivity index (χ2n) is 9.30. The summed E-state index contributed by atoms with van der Waals surface area (Å²) < 4.78 is 5.51. The largest absolute Gasteiger partial charge is 0.508 e. The number of aliphatic hydroxyl groups is 1. The molecule has 1 saturated heterocycles. The number of hydrogen-bond acceptors (Lipinski definition) is 6. The minimum Gasteiger partial charge on any atom is -0.508 e. The lowest BCUT2D eigenvalue weighted by Crippen LogP contribution is -2.32. The third-order valence-electron chi connectivity index (χ3n) is 6.21. The Morgan fingerprint density at radius 1 is 1.15 bits per heavy atom. The zero-order chi connectivity index (χ0) is 25.2. The minimum absolute atomic E-state index is 0.0588. The second kappa shape index (κ2) is 10.3. The molecule has 34 heavy (non-hydrogen) atoms. The first kappa shape index (κ1) is 25.3. The quantitative estimate of drug-likeness (QED) is 0.344. The molecule has 0 radical (unpaired) electrons. The van der Waals surface area contributed by atoms with E-state index in [0.717, 1.165) is 17.7 Å². The Bertz CT molecular complexity index is 1100. The lowest BCUT2D eigenvalue weighted by molar-refractivity contribution is -0.139. The van der Waals surface area contributed by atoms with Gasteiger partial charge in [0.15, 0.2) is 0 Å². The van der Waals surface area contributed by atoms with Crippen LogP contribution in [0.4, 0.5) is 0 Å². The Morgan fingerprint density at radius 3 is 2.35 bits per heavy atom. The maximum absolute atomic E-state index is 13.2. The molecule has 1 amide bonds. The number of Topliss-reactive ketones (excluding diaryl/α,β-unsaturated/α-hetero) is 1. The number of aryl methyl sites for hydroxylation is 1. The predicted molar refractivity (Wildman–Crippen MR) is 132 cm³/mol. The highest BCUT2D eigenvalue weighted by Gasteiger charge is 2.46. The van der Waals surface area contributed by atoms with Gasteiger partial charge in [0, 0.05) is 12.1 Å². The minimum atomic E-state index is -0.744. The maximum Gasteiger partial charge on any atom is 0.295 e. The molecule has 0 saturated carbocycles. The van der Waals surface area contributed by atoms with Crippen LogP contribution in [0.3, 0.4) is 0 Å². The van der Waals surface area contributed by atoms with Crippen LogP contribution in [0.2, 0.25) is 0 Å². The topological polar surface area (TPSA) is 90.3 Å². The van der Waals surface area contributed by atoms with Crippen molar-refractivity contribution in [3.63, 3.8) is 0 Å². The van der Waals surface area contributed by atoms with E-state index in [-0.39, 0.29) is 23.0 Å². The number of benzene rings is 2. The molecule has 1 unspecified atom stereocenters. The normalized spacial score (nSPS) is 17.8. The van der Waals surface area contributed by atoms with E-state index in [0.29, 0.717) is 29.8 Å². The smallest absolute Gasteiger partial charge is 0.295 e. The number of methoxy groups -OCH3 is 1. The van der Waals surface area contributed by atoms with Crippen LogP contribution in [0, 0.1) is 6.92 Å². The van der Waals surface area contributed by atoms with Crippen molar-refractivity contribution >= 4 is 17.4 Å². The van der Waals surface area contributed by atoms with Crippen LogP contribution in [0.25, 0.3) is 5.76 Å². The van der Waals surface area contributed by atoms with Crippen LogP contribution >= 0.6 is 0 Å². The Kier molecular flexibility index (Phi) is 7.67. The number of amides is 1. The van der Waals surface area contributed by atoms with Gasteiger partial charge >= 0.3 is 0 Å². The van der Waals surface area contributed by atoms with Gasteiger partial charge in [-0.1, -0.05) is 26.0 Å². The molecule has 1 fully saturated rings. The zero-order valence-corrected chi connectivity index (χ0v) is 20.8. The number of phenols is 1. The summed E-state index contributed by atoms with van der Waals surface area (Å²) in [5.41, 5.74) is 2.85. The van der Waals surface area contributed by atoms with Gasteiger partial charge in [-0.25, -0.2) is 0 Å². The number of ketones is 1. The average molecular weight is 467 g/mol. The molecule has 7 heteroatoms. The molecule has 1 aliphatic heterocycles. The zero-order valence-electron chi connectivity index (χ0n) is 20.8. The molecule has 182 valence electrons. The van der Waals surface area contributed by atoms with Crippen LogP contribution in [0.15, 0.2) is 42.0 Å². The van der Waals surface area contributed by atoms with E-state index >= 15 is 0 Å². The van der Waals surface area contributed by atoms with Crippen molar-refractivity contribution in [1.29, 1.82) is 0 Å². The lowest BCUT2D eigenvalue weighted by atomic mass is 9.91. The van der Waals surface area contributed by atoms with E-state index in [1.54, 1.807) is 19.2 Å². The highest BCUT2D eigenvalue weighted by atomic mass is 16.5. The molecule has 2 aromatic carbocycles. The van der Waals surface area contributed by atoms with E-state index in [1.165, 1.54) is 17.0 Å². The van der Waals surface area contributed by atoms with Crippen molar-refractivity contribution in [2.75, 3.05) is 34.3 Å². The van der Waals surface area contributed by atoms with Gasteiger partial charge in [-0.3, -0.25) is 9.59 Å². The Labute approximate surface area is 201 Å². The molecule has 7 nitrogen and oxygen atoms in total. The first-order valence-corrected chi connectivity index (χ1v) is 11.5. The number of nitrogens with zero attached hydrogens (tertiary/aromatic N) is 2. The van der Waals surface area contributed by atoms with Gasteiger partial charge in [0.05, 0.1) is 18.7 Å². The average Bonchev–Trinajstić information content (AvgIpc) is 3.03. The number of aromatic hydroxyl groups is 1. The van der Waals surface area contributed by atoms with E-state index in [4.69, 9.17) is 4.74 Å². The van der Waals surface area contributed by atoms with Crippen molar-refractivity contribution in [2.24, 2.45) is 0 Å². The third-order valence-corrected chi connectivity index (χ3v) is 6.21. The molecule has 3 rings (SSSR count). The van der Waals surface area contributed by atoms with Crippen LogP contribution < -0.4 is 4.74 Å². The molecule has 0 aliphatic carbocycles. The number of likely N-dealkylation sites (tertiary alicyclic amines) is 1. The van der Waals surface area contributed by atoms with Gasteiger partial charge in [0.1, 0.15) is 17.3 Å². The molecule has 0 spiro atoms. The fourth-order valence-electron chi connectivity index (χ4n) is 4.40. The summed E-state index contributed by atoms with van der Waals surface area (Å²) >= 11 is 0. The summed E-state index contributed by atoms with van der Waals surface area (Å²) in [6, 6.07) is 9.33. The van der Waals surface area contributed by atoms with Crippen LogP contribution in [-0.2, 0) is 9.59 Å². The summed E-state index contributed by atoms with van der Waals surface area (Å²) in [5, 5.41) is 21.2. The van der Waals surface area contributed by atoms with E-state index < -0.39 is 17.7 Å². The molecule has 2 N–H and O–H groups in total. The fraction of sp³-hybridized carbons (Fsp3) is 0.407. The standard InChI is InChI=1S/C27H34N2O5/c1-16(2)20-15-21(17(3)14-22(20)34-6)25(31)23-24(18-8-10-19(30)11-9-18)29(27(33)26(23)32)13-7-12-28(4)5/h8-11,14-16,24,30-31H,7,12-13H2,1-6H3/b25-23+. The second-order valence-corrected chi connectivity index (χ2v) is 9.30. The molecular formula is C27H34N2O5. The summed E-state index contributed by atoms with van der Waals surface area (Å²) in [6.07, 6.45) is 0.674. The Morgan fingerprint density at radius 2 is 1.79 bits per heavy atom. The van der Waals surface area contributed by atoms with E-state index in [1.807, 2.05) is 51.9 Å². The van der Waals surface area contributed by atoms with E-state index in [2.05, 4.69) is 0 Å². The number of carbonyl (C=O) groups excluding carboxylic acids is 2. The first-order chi connectivity index (χ1) is 16.1. The van der Waals surface area contributed by atoms with Crippen LogP contribution in [-0.4, -0.2) is 66.0 Å². The molecule has 0 bridgehead atoms. The number of ether oxygens (including phenoxy) is 1. The SMILES string of the molecule is COc1cc(C)c(/C(O)=C2\C(=O)C(=O)N(CCCN(C)C)C2c2ccc(O)cc2)cc1C(C)C. The molecular weight excluding hydrogens is 432 g/mol. The highest BCUT2D eigenvalue weighted by molar-refractivity contribution is 6.46. The third kappa shape index (κ3) is 4.94. The Balaban J connectivity index is 2.18. The van der Waals surface area contributed by atoms with E-state index in [9.17, 15) is 19.8 Å². The van der Waals surface area contributed by atoms with Crippen molar-refractivity contribution in [2.45, 2.75) is 39.2 Å². The van der Waals surface area contributed by atoms with Crippen LogP contribution in [0.5, 0.6) is 11.5 Å². The number of carbonyl (C=O) groups is 2. The number of rotatable bonds is 8. The Hall–Kier alpha value is -3.32. The molecule has 1 heterocycles. The number of phenolic OH excluding ortho intramolecular Hbond substituents is 1. The first-order valence-electron chi connectivity index (χ1n) is 11.5. The molecule has 1 aliphatic rings. The molecule has 2 aromatic rings. The van der Waals surface area contributed by atoms with Gasteiger partial charge in [-0.15, -0.1) is 0 Å². The van der Waals surface area contributed by atoms with Crippen molar-refractivity contribution in [3.8, 4) is 11.5 Å². The lowest BCUT2D eigenvalue weighted by Gasteiger charge is -2.26. The van der Waals surface area contributed by atoms with Crippen molar-refractivity contribution < 1.29 is 24.5 Å².